The van der Waals surface area contributed by atoms with Crippen molar-refractivity contribution in [3.05, 3.63) is 60.2 Å². The number of nitrogens with zero attached hydrogens (tertiary/aromatic N) is 1. The van der Waals surface area contributed by atoms with Crippen LogP contribution < -0.4 is 24.8 Å². The normalized spacial score (nSPS) is 10.2. The predicted molar refractivity (Wildman–Crippen MR) is 104 cm³/mol. The van der Waals surface area contributed by atoms with Crippen molar-refractivity contribution in [3.8, 4) is 17.2 Å². The Kier molecular flexibility index (Phi) is 6.01. The van der Waals surface area contributed by atoms with Crippen LogP contribution in [0, 0.1) is 0 Å². The molecule has 2 aromatic heterocycles. The highest BCUT2D eigenvalue weighted by Crippen LogP contribution is 2.40. The van der Waals surface area contributed by atoms with Crippen LogP contribution >= 0.6 is 0 Å². The average Bonchev–Trinajstić information content (AvgIpc) is 3.25. The van der Waals surface area contributed by atoms with Crippen molar-refractivity contribution >= 4 is 17.4 Å². The number of furan rings is 1. The fraction of sp³-hybridized carbons (Fsp3) is 0.200. The monoisotopic (exact) mass is 383 g/mol. The molecule has 0 aliphatic rings. The van der Waals surface area contributed by atoms with Crippen molar-refractivity contribution in [2.45, 2.75) is 6.54 Å². The summed E-state index contributed by atoms with van der Waals surface area (Å²) in [7, 11) is 4.55. The highest BCUT2D eigenvalue weighted by Gasteiger charge is 2.15. The molecular weight excluding hydrogens is 362 g/mol. The van der Waals surface area contributed by atoms with Crippen molar-refractivity contribution < 1.29 is 23.4 Å². The molecule has 1 aromatic carbocycles. The molecule has 0 bridgehead atoms. The van der Waals surface area contributed by atoms with Crippen LogP contribution in [0.4, 0.5) is 11.5 Å². The van der Waals surface area contributed by atoms with Crippen LogP contribution in [0.1, 0.15) is 16.1 Å². The number of anilines is 2. The molecule has 2 heterocycles. The molecule has 3 aromatic rings. The Morgan fingerprint density at radius 2 is 1.82 bits per heavy atom. The first kappa shape index (κ1) is 19.1. The summed E-state index contributed by atoms with van der Waals surface area (Å²) in [5.74, 6) is 2.40. The molecular formula is C20H21N3O5. The quantitative estimate of drug-likeness (QED) is 0.614. The third-order valence-corrected chi connectivity index (χ3v) is 3.97. The number of benzene rings is 1. The smallest absolute Gasteiger partial charge is 0.255 e. The lowest BCUT2D eigenvalue weighted by molar-refractivity contribution is 0.102. The number of nitrogens with one attached hydrogen (secondary N) is 2. The molecule has 0 radical (unpaired) electrons. The molecule has 0 aliphatic heterocycles. The first-order valence-electron chi connectivity index (χ1n) is 8.48. The van der Waals surface area contributed by atoms with Gasteiger partial charge in [0.1, 0.15) is 11.6 Å². The molecule has 0 atom stereocenters. The number of carbonyl (C=O) groups is 1. The van der Waals surface area contributed by atoms with Gasteiger partial charge in [0.2, 0.25) is 5.75 Å². The van der Waals surface area contributed by atoms with E-state index < -0.39 is 0 Å². The second-order valence-electron chi connectivity index (χ2n) is 5.73. The average molecular weight is 383 g/mol. The highest BCUT2D eigenvalue weighted by molar-refractivity contribution is 6.05. The maximum absolute atomic E-state index is 12.7. The van der Waals surface area contributed by atoms with Gasteiger partial charge in [-0.2, -0.15) is 0 Å². The number of carbonyl (C=O) groups excluding carboxylic acids is 1. The van der Waals surface area contributed by atoms with Crippen LogP contribution in [0.25, 0.3) is 0 Å². The Morgan fingerprint density at radius 1 is 1.07 bits per heavy atom. The molecule has 8 heteroatoms. The maximum atomic E-state index is 12.7. The van der Waals surface area contributed by atoms with Crippen LogP contribution in [-0.2, 0) is 6.54 Å². The Labute approximate surface area is 162 Å². The number of hydrogen-bond acceptors (Lipinski definition) is 7. The first-order valence-corrected chi connectivity index (χ1v) is 8.48. The Balaban J connectivity index is 1.75. The minimum atomic E-state index is -0.294. The fourth-order valence-electron chi connectivity index (χ4n) is 2.62. The lowest BCUT2D eigenvalue weighted by atomic mass is 10.2. The van der Waals surface area contributed by atoms with Crippen molar-refractivity contribution in [1.29, 1.82) is 0 Å². The zero-order valence-electron chi connectivity index (χ0n) is 15.8. The van der Waals surface area contributed by atoms with Crippen molar-refractivity contribution in [2.75, 3.05) is 32.0 Å². The van der Waals surface area contributed by atoms with E-state index in [1.165, 1.54) is 21.3 Å². The molecule has 0 saturated carbocycles. The molecule has 2 N–H and O–H groups in total. The van der Waals surface area contributed by atoms with E-state index in [1.54, 1.807) is 36.7 Å². The van der Waals surface area contributed by atoms with E-state index in [9.17, 15) is 4.79 Å². The van der Waals surface area contributed by atoms with Crippen molar-refractivity contribution in [2.24, 2.45) is 0 Å². The Bertz CT molecular complexity index is 916. The lowest BCUT2D eigenvalue weighted by Crippen LogP contribution is -2.13. The number of aromatic nitrogens is 1. The summed E-state index contributed by atoms with van der Waals surface area (Å²) in [6.07, 6.45) is 3.17. The van der Waals surface area contributed by atoms with Gasteiger partial charge in [0.25, 0.3) is 5.91 Å². The molecule has 1 amide bonds. The van der Waals surface area contributed by atoms with Gasteiger partial charge < -0.3 is 29.3 Å². The van der Waals surface area contributed by atoms with E-state index in [1.807, 2.05) is 12.1 Å². The maximum Gasteiger partial charge on any atom is 0.255 e. The summed E-state index contributed by atoms with van der Waals surface area (Å²) in [4.78, 5) is 16.9. The number of rotatable bonds is 8. The molecule has 146 valence electrons. The summed E-state index contributed by atoms with van der Waals surface area (Å²) in [6.45, 7) is 0.470. The lowest BCUT2D eigenvalue weighted by Gasteiger charge is -2.14. The van der Waals surface area contributed by atoms with Crippen LogP contribution in [0.5, 0.6) is 17.2 Å². The fourth-order valence-corrected chi connectivity index (χ4v) is 2.62. The topological polar surface area (TPSA) is 94.9 Å². The Hall–Kier alpha value is -3.68. The van der Waals surface area contributed by atoms with Crippen molar-refractivity contribution in [3.63, 3.8) is 0 Å². The highest BCUT2D eigenvalue weighted by atomic mass is 16.5. The minimum Gasteiger partial charge on any atom is -0.493 e. The number of methoxy groups -OCH3 is 3. The largest absolute Gasteiger partial charge is 0.493 e. The van der Waals surface area contributed by atoms with Gasteiger partial charge in [-0.05, 0) is 24.3 Å². The molecule has 0 fully saturated rings. The molecule has 8 nitrogen and oxygen atoms in total. The standard InChI is InChI=1S/C20H21N3O5/c1-25-16-10-14(11-17(26-2)19(16)27-3)23-20(24)13-6-7-21-18(9-13)22-12-15-5-4-8-28-15/h4-11H,12H2,1-3H3,(H,21,22)(H,23,24). The van der Waals surface area contributed by atoms with Gasteiger partial charge in [-0.3, -0.25) is 4.79 Å². The van der Waals surface area contributed by atoms with E-state index in [-0.39, 0.29) is 5.91 Å². The first-order chi connectivity index (χ1) is 13.6. The Morgan fingerprint density at radius 3 is 2.43 bits per heavy atom. The van der Waals surface area contributed by atoms with Gasteiger partial charge in [0.05, 0.1) is 34.1 Å². The minimum absolute atomic E-state index is 0.294. The number of amides is 1. The summed E-state index contributed by atoms with van der Waals surface area (Å²) in [6, 6.07) is 10.3. The molecule has 3 rings (SSSR count). The second kappa shape index (κ2) is 8.81. The number of pyridine rings is 1. The van der Waals surface area contributed by atoms with E-state index >= 15 is 0 Å². The van der Waals surface area contributed by atoms with Gasteiger partial charge in [-0.25, -0.2) is 4.98 Å². The molecule has 0 saturated heterocycles. The summed E-state index contributed by atoms with van der Waals surface area (Å²) < 4.78 is 21.2. The van der Waals surface area contributed by atoms with Crippen LogP contribution in [-0.4, -0.2) is 32.2 Å². The summed E-state index contributed by atoms with van der Waals surface area (Å²) in [5.41, 5.74) is 0.965. The zero-order valence-corrected chi connectivity index (χ0v) is 15.8. The van der Waals surface area contributed by atoms with Gasteiger partial charge in [-0.1, -0.05) is 0 Å². The van der Waals surface area contributed by atoms with Crippen LogP contribution in [0.3, 0.4) is 0 Å². The van der Waals surface area contributed by atoms with Gasteiger partial charge in [0, 0.05) is 29.6 Å². The predicted octanol–water partition coefficient (Wildman–Crippen LogP) is 3.56. The van der Waals surface area contributed by atoms with Gasteiger partial charge in [0.15, 0.2) is 11.5 Å². The van der Waals surface area contributed by atoms with Crippen LogP contribution in [0.2, 0.25) is 0 Å². The third-order valence-electron chi connectivity index (χ3n) is 3.97. The van der Waals surface area contributed by atoms with Crippen molar-refractivity contribution in [1.82, 2.24) is 4.98 Å². The van der Waals surface area contributed by atoms with Crippen LogP contribution in [0.15, 0.2) is 53.3 Å². The van der Waals surface area contributed by atoms with E-state index in [0.29, 0.717) is 40.9 Å². The molecule has 28 heavy (non-hydrogen) atoms. The van der Waals surface area contributed by atoms with Gasteiger partial charge >= 0.3 is 0 Å². The van der Waals surface area contributed by atoms with E-state index in [0.717, 1.165) is 5.76 Å². The zero-order chi connectivity index (χ0) is 19.9. The SMILES string of the molecule is COc1cc(NC(=O)c2ccnc(NCc3ccco3)c2)cc(OC)c1OC. The van der Waals surface area contributed by atoms with E-state index in [4.69, 9.17) is 18.6 Å². The number of hydrogen-bond donors (Lipinski definition) is 2. The summed E-state index contributed by atoms with van der Waals surface area (Å²) >= 11 is 0. The third kappa shape index (κ3) is 4.35. The number of ether oxygens (including phenoxy) is 3. The second-order valence-corrected chi connectivity index (χ2v) is 5.73. The molecule has 0 aliphatic carbocycles. The van der Waals surface area contributed by atoms with Gasteiger partial charge in [-0.15, -0.1) is 0 Å². The molecule has 0 unspecified atom stereocenters. The summed E-state index contributed by atoms with van der Waals surface area (Å²) in [5, 5.41) is 5.94. The van der Waals surface area contributed by atoms with E-state index in [2.05, 4.69) is 15.6 Å². The molecule has 0 spiro atoms.